The average Bonchev–Trinajstić information content (AvgIpc) is 2.57. The molecule has 1 saturated carbocycles. The zero-order valence-corrected chi connectivity index (χ0v) is 12.2. The molecule has 0 radical (unpaired) electrons. The zero-order chi connectivity index (χ0) is 13.8. The second kappa shape index (κ2) is 6.51. The molecular weight excluding hydrogens is 240 g/mol. The van der Waals surface area contributed by atoms with Crippen LogP contribution in [0.4, 0.5) is 0 Å². The Labute approximate surface area is 115 Å². The second-order valence-corrected chi connectivity index (χ2v) is 6.16. The van der Waals surface area contributed by atoms with Crippen molar-refractivity contribution in [2.24, 2.45) is 0 Å². The Morgan fingerprint density at radius 3 is 2.16 bits per heavy atom. The van der Waals surface area contributed by atoms with Crippen molar-refractivity contribution in [2.75, 3.05) is 0 Å². The highest BCUT2D eigenvalue weighted by atomic mass is 16.2. The van der Waals surface area contributed by atoms with Crippen LogP contribution in [0, 0.1) is 0 Å². The Morgan fingerprint density at radius 2 is 1.63 bits per heavy atom. The third-order valence-electron chi connectivity index (χ3n) is 4.24. The predicted octanol–water partition coefficient (Wildman–Crippen LogP) is 2.22. The largest absolute Gasteiger partial charge is 0.303 e. The molecule has 4 heteroatoms. The fraction of sp³-hybridized carbons (Fsp3) is 0.867. The van der Waals surface area contributed by atoms with Gasteiger partial charge in [-0.2, -0.15) is 0 Å². The maximum atomic E-state index is 12.2. The molecule has 0 aromatic heterocycles. The highest BCUT2D eigenvalue weighted by molar-refractivity contribution is 6.05. The SMILES string of the molecule is CC(C)N1C(=O)CC(NC2CCCCCCC2)C1=O. The molecule has 1 atom stereocenters. The van der Waals surface area contributed by atoms with Crippen LogP contribution in [0.2, 0.25) is 0 Å². The lowest BCUT2D eigenvalue weighted by molar-refractivity contribution is -0.140. The van der Waals surface area contributed by atoms with Crippen molar-refractivity contribution < 1.29 is 9.59 Å². The summed E-state index contributed by atoms with van der Waals surface area (Å²) in [5, 5.41) is 3.44. The standard InChI is InChI=1S/C15H26N2O2/c1-11(2)17-14(18)10-13(15(17)19)16-12-8-6-4-3-5-7-9-12/h11-13,16H,3-10H2,1-2H3. The van der Waals surface area contributed by atoms with Gasteiger partial charge in [-0.15, -0.1) is 0 Å². The van der Waals surface area contributed by atoms with E-state index in [1.807, 2.05) is 13.8 Å². The van der Waals surface area contributed by atoms with Crippen LogP contribution in [0.3, 0.4) is 0 Å². The number of hydrogen-bond acceptors (Lipinski definition) is 3. The molecule has 2 aliphatic rings. The molecule has 0 bridgehead atoms. The van der Waals surface area contributed by atoms with Crippen molar-refractivity contribution in [3.63, 3.8) is 0 Å². The number of rotatable bonds is 3. The van der Waals surface area contributed by atoms with E-state index < -0.39 is 0 Å². The topological polar surface area (TPSA) is 49.4 Å². The number of likely N-dealkylation sites (tertiary alicyclic amines) is 1. The van der Waals surface area contributed by atoms with Crippen molar-refractivity contribution in [2.45, 2.75) is 83.3 Å². The molecule has 19 heavy (non-hydrogen) atoms. The Morgan fingerprint density at radius 1 is 1.05 bits per heavy atom. The number of carbonyl (C=O) groups excluding carboxylic acids is 2. The molecule has 1 heterocycles. The molecule has 1 aliphatic heterocycles. The van der Waals surface area contributed by atoms with Gasteiger partial charge in [-0.25, -0.2) is 0 Å². The van der Waals surface area contributed by atoms with Gasteiger partial charge in [-0.3, -0.25) is 14.5 Å². The first-order valence-corrected chi connectivity index (χ1v) is 7.71. The molecule has 0 aromatic rings. The molecular formula is C15H26N2O2. The van der Waals surface area contributed by atoms with E-state index >= 15 is 0 Å². The molecule has 0 spiro atoms. The molecule has 1 unspecified atom stereocenters. The molecule has 1 saturated heterocycles. The number of nitrogens with one attached hydrogen (secondary N) is 1. The van der Waals surface area contributed by atoms with Crippen LogP contribution in [0.1, 0.15) is 65.2 Å². The summed E-state index contributed by atoms with van der Waals surface area (Å²) < 4.78 is 0. The summed E-state index contributed by atoms with van der Waals surface area (Å²) in [5.74, 6) is -0.0506. The minimum Gasteiger partial charge on any atom is -0.303 e. The maximum Gasteiger partial charge on any atom is 0.247 e. The summed E-state index contributed by atoms with van der Waals surface area (Å²) in [6.45, 7) is 3.79. The van der Waals surface area contributed by atoms with Crippen LogP contribution in [0.25, 0.3) is 0 Å². The number of hydrogen-bond donors (Lipinski definition) is 1. The van der Waals surface area contributed by atoms with E-state index in [0.29, 0.717) is 12.5 Å². The van der Waals surface area contributed by atoms with Crippen LogP contribution in [-0.4, -0.2) is 34.8 Å². The maximum absolute atomic E-state index is 12.2. The van der Waals surface area contributed by atoms with E-state index in [2.05, 4.69) is 5.32 Å². The number of carbonyl (C=O) groups is 2. The van der Waals surface area contributed by atoms with Gasteiger partial charge >= 0.3 is 0 Å². The number of imide groups is 1. The van der Waals surface area contributed by atoms with E-state index in [1.54, 1.807) is 0 Å². The average molecular weight is 266 g/mol. The van der Waals surface area contributed by atoms with Gasteiger partial charge in [0.05, 0.1) is 12.5 Å². The van der Waals surface area contributed by atoms with Crippen molar-refractivity contribution in [3.8, 4) is 0 Å². The Balaban J connectivity index is 1.91. The molecule has 2 amide bonds. The third-order valence-corrected chi connectivity index (χ3v) is 4.24. The lowest BCUT2D eigenvalue weighted by Crippen LogP contribution is -2.45. The molecule has 1 N–H and O–H groups in total. The van der Waals surface area contributed by atoms with E-state index in [9.17, 15) is 9.59 Å². The van der Waals surface area contributed by atoms with Crippen molar-refractivity contribution in [1.82, 2.24) is 10.2 Å². The highest BCUT2D eigenvalue weighted by Gasteiger charge is 2.40. The smallest absolute Gasteiger partial charge is 0.247 e. The summed E-state index contributed by atoms with van der Waals surface area (Å²) in [4.78, 5) is 25.5. The molecule has 2 rings (SSSR count). The summed E-state index contributed by atoms with van der Waals surface area (Å²) in [6.07, 6.45) is 9.03. The van der Waals surface area contributed by atoms with Crippen LogP contribution >= 0.6 is 0 Å². The van der Waals surface area contributed by atoms with Crippen LogP contribution in [0.15, 0.2) is 0 Å². The first-order valence-electron chi connectivity index (χ1n) is 7.71. The van der Waals surface area contributed by atoms with Gasteiger partial charge in [0.1, 0.15) is 0 Å². The Kier molecular flexibility index (Phi) is 4.97. The molecule has 1 aliphatic carbocycles. The van der Waals surface area contributed by atoms with Gasteiger partial charge in [-0.1, -0.05) is 32.1 Å². The van der Waals surface area contributed by atoms with Crippen LogP contribution in [0.5, 0.6) is 0 Å². The Hall–Kier alpha value is -0.900. The predicted molar refractivity (Wildman–Crippen MR) is 74.6 cm³/mol. The quantitative estimate of drug-likeness (QED) is 0.797. The first-order chi connectivity index (χ1) is 9.09. The first kappa shape index (κ1) is 14.5. The fourth-order valence-corrected chi connectivity index (χ4v) is 3.23. The minimum atomic E-state index is -0.278. The normalized spacial score (nSPS) is 26.9. The number of nitrogens with zero attached hydrogens (tertiary/aromatic N) is 1. The van der Waals surface area contributed by atoms with E-state index in [4.69, 9.17) is 0 Å². The van der Waals surface area contributed by atoms with Crippen LogP contribution < -0.4 is 5.32 Å². The van der Waals surface area contributed by atoms with Gasteiger partial charge in [0.2, 0.25) is 11.8 Å². The van der Waals surface area contributed by atoms with Gasteiger partial charge in [0.15, 0.2) is 0 Å². The Bertz CT molecular complexity index is 333. The van der Waals surface area contributed by atoms with Gasteiger partial charge in [0, 0.05) is 12.1 Å². The third kappa shape index (κ3) is 3.56. The number of amides is 2. The summed E-state index contributed by atoms with van der Waals surface area (Å²) in [5.41, 5.74) is 0. The molecule has 0 aromatic carbocycles. The van der Waals surface area contributed by atoms with Crippen molar-refractivity contribution in [3.05, 3.63) is 0 Å². The summed E-state index contributed by atoms with van der Waals surface area (Å²) >= 11 is 0. The molecule has 2 fully saturated rings. The van der Waals surface area contributed by atoms with E-state index in [-0.39, 0.29) is 23.9 Å². The van der Waals surface area contributed by atoms with E-state index in [1.165, 1.54) is 37.0 Å². The second-order valence-electron chi connectivity index (χ2n) is 6.16. The van der Waals surface area contributed by atoms with Gasteiger partial charge in [-0.05, 0) is 26.7 Å². The summed E-state index contributed by atoms with van der Waals surface area (Å²) in [6, 6.07) is 0.109. The molecule has 4 nitrogen and oxygen atoms in total. The minimum absolute atomic E-state index is 0.0240. The van der Waals surface area contributed by atoms with Crippen molar-refractivity contribution in [1.29, 1.82) is 0 Å². The lowest BCUT2D eigenvalue weighted by Gasteiger charge is -2.24. The van der Waals surface area contributed by atoms with Crippen LogP contribution in [-0.2, 0) is 9.59 Å². The highest BCUT2D eigenvalue weighted by Crippen LogP contribution is 2.21. The van der Waals surface area contributed by atoms with E-state index in [0.717, 1.165) is 12.8 Å². The lowest BCUT2D eigenvalue weighted by atomic mass is 9.96. The fourth-order valence-electron chi connectivity index (χ4n) is 3.23. The summed E-state index contributed by atoms with van der Waals surface area (Å²) in [7, 11) is 0. The van der Waals surface area contributed by atoms with Gasteiger partial charge < -0.3 is 5.32 Å². The monoisotopic (exact) mass is 266 g/mol. The van der Waals surface area contributed by atoms with Crippen molar-refractivity contribution >= 4 is 11.8 Å². The van der Waals surface area contributed by atoms with Gasteiger partial charge in [0.25, 0.3) is 0 Å². The zero-order valence-electron chi connectivity index (χ0n) is 12.2. The molecule has 108 valence electrons.